The van der Waals surface area contributed by atoms with Crippen LogP contribution in [0.5, 0.6) is 5.75 Å². The van der Waals surface area contributed by atoms with Crippen molar-refractivity contribution in [3.63, 3.8) is 0 Å². The normalized spacial score (nSPS) is 12.9. The molecule has 2 aromatic carbocycles. The number of hydrogen-bond acceptors (Lipinski definition) is 5. The van der Waals surface area contributed by atoms with Gasteiger partial charge in [-0.15, -0.1) is 0 Å². The van der Waals surface area contributed by atoms with E-state index in [1.165, 1.54) is 23.1 Å². The number of halogens is 2. The molecule has 0 saturated carbocycles. The minimum Gasteiger partial charge on any atom is -0.485 e. The third-order valence-electron chi connectivity index (χ3n) is 4.99. The predicted octanol–water partition coefficient (Wildman–Crippen LogP) is 4.36. The zero-order valence-corrected chi connectivity index (χ0v) is 16.0. The van der Waals surface area contributed by atoms with Crippen LogP contribution < -0.4 is 15.4 Å². The van der Waals surface area contributed by atoms with Crippen LogP contribution in [-0.4, -0.2) is 34.6 Å². The standard InChI is InChI=1S/C22H19F2N5O/c23-15-9-14(10-16(24)11-15)20-28-21(19-22(29-20)26-7-8-30-19)25-6-5-13-12-27-18-4-2-1-3-17(13)18/h1-4,9-12,27H,5-8H2,(H2,25,26,28,29). The van der Waals surface area contributed by atoms with E-state index in [1.54, 1.807) is 0 Å². The van der Waals surface area contributed by atoms with Gasteiger partial charge in [-0.2, -0.15) is 0 Å². The van der Waals surface area contributed by atoms with Crippen LogP contribution in [0.1, 0.15) is 5.56 Å². The van der Waals surface area contributed by atoms with E-state index < -0.39 is 11.6 Å². The molecule has 0 amide bonds. The summed E-state index contributed by atoms with van der Waals surface area (Å²) < 4.78 is 33.1. The Kier molecular flexibility index (Phi) is 4.66. The van der Waals surface area contributed by atoms with E-state index in [0.29, 0.717) is 37.1 Å². The van der Waals surface area contributed by atoms with Crippen molar-refractivity contribution in [2.45, 2.75) is 6.42 Å². The molecule has 8 heteroatoms. The molecule has 4 aromatic rings. The van der Waals surface area contributed by atoms with E-state index in [-0.39, 0.29) is 11.4 Å². The molecule has 0 aliphatic carbocycles. The number of nitrogens with zero attached hydrogens (tertiary/aromatic N) is 2. The van der Waals surface area contributed by atoms with Gasteiger partial charge < -0.3 is 20.4 Å². The van der Waals surface area contributed by atoms with Gasteiger partial charge in [0.1, 0.15) is 18.2 Å². The number of rotatable bonds is 5. The van der Waals surface area contributed by atoms with Crippen LogP contribution in [0, 0.1) is 11.6 Å². The monoisotopic (exact) mass is 407 g/mol. The lowest BCUT2D eigenvalue weighted by atomic mass is 10.1. The highest BCUT2D eigenvalue weighted by molar-refractivity contribution is 5.83. The first-order chi connectivity index (χ1) is 14.7. The number of aromatic amines is 1. The second kappa shape index (κ2) is 7.62. The topological polar surface area (TPSA) is 74.9 Å². The van der Waals surface area contributed by atoms with E-state index in [1.807, 2.05) is 24.4 Å². The first-order valence-corrected chi connectivity index (χ1v) is 9.71. The molecular weight excluding hydrogens is 388 g/mol. The maximum Gasteiger partial charge on any atom is 0.204 e. The Bertz CT molecular complexity index is 1200. The van der Waals surface area contributed by atoms with Crippen molar-refractivity contribution < 1.29 is 13.5 Å². The molecule has 0 bridgehead atoms. The van der Waals surface area contributed by atoms with Crippen molar-refractivity contribution in [2.24, 2.45) is 0 Å². The van der Waals surface area contributed by atoms with Crippen LogP contribution in [0.3, 0.4) is 0 Å². The highest BCUT2D eigenvalue weighted by atomic mass is 19.1. The van der Waals surface area contributed by atoms with Crippen LogP contribution in [-0.2, 0) is 6.42 Å². The van der Waals surface area contributed by atoms with Gasteiger partial charge in [0.05, 0.1) is 6.54 Å². The molecule has 0 fully saturated rings. The molecule has 0 unspecified atom stereocenters. The summed E-state index contributed by atoms with van der Waals surface area (Å²) in [4.78, 5) is 12.2. The van der Waals surface area contributed by atoms with Crippen molar-refractivity contribution in [1.82, 2.24) is 15.0 Å². The Labute approximate surface area is 171 Å². The first kappa shape index (κ1) is 18.4. The molecule has 30 heavy (non-hydrogen) atoms. The van der Waals surface area contributed by atoms with E-state index in [2.05, 4.69) is 31.7 Å². The Hall–Kier alpha value is -3.68. The maximum absolute atomic E-state index is 13.7. The third-order valence-corrected chi connectivity index (χ3v) is 4.99. The fraction of sp³-hybridized carbons (Fsp3) is 0.182. The molecular formula is C22H19F2N5O. The summed E-state index contributed by atoms with van der Waals surface area (Å²) >= 11 is 0. The number of nitrogens with one attached hydrogen (secondary N) is 3. The fourth-order valence-electron chi connectivity index (χ4n) is 3.62. The molecule has 1 aliphatic heterocycles. The Balaban J connectivity index is 1.43. The Morgan fingerprint density at radius 3 is 2.77 bits per heavy atom. The van der Waals surface area contributed by atoms with Crippen molar-refractivity contribution in [3.05, 3.63) is 65.9 Å². The van der Waals surface area contributed by atoms with Gasteiger partial charge in [-0.1, -0.05) is 18.2 Å². The number of fused-ring (bicyclic) bond motifs is 2. The molecule has 0 atom stereocenters. The lowest BCUT2D eigenvalue weighted by Gasteiger charge is -2.21. The first-order valence-electron chi connectivity index (χ1n) is 9.71. The number of para-hydroxylation sites is 1. The lowest BCUT2D eigenvalue weighted by Crippen LogP contribution is -2.21. The number of H-pyrrole nitrogens is 1. The number of ether oxygens (including phenoxy) is 1. The summed E-state index contributed by atoms with van der Waals surface area (Å²) in [6, 6.07) is 11.4. The smallest absolute Gasteiger partial charge is 0.204 e. The summed E-state index contributed by atoms with van der Waals surface area (Å²) in [6.07, 6.45) is 2.76. The van der Waals surface area contributed by atoms with Crippen molar-refractivity contribution >= 4 is 22.5 Å². The van der Waals surface area contributed by atoms with E-state index >= 15 is 0 Å². The van der Waals surface area contributed by atoms with E-state index in [0.717, 1.165) is 18.0 Å². The molecule has 1 aliphatic rings. The maximum atomic E-state index is 13.7. The van der Waals surface area contributed by atoms with Crippen LogP contribution in [0.15, 0.2) is 48.7 Å². The van der Waals surface area contributed by atoms with Crippen LogP contribution in [0.25, 0.3) is 22.3 Å². The van der Waals surface area contributed by atoms with Gasteiger partial charge in [-0.05, 0) is 30.2 Å². The second-order valence-electron chi connectivity index (χ2n) is 7.04. The molecule has 2 aromatic heterocycles. The minimum absolute atomic E-state index is 0.222. The van der Waals surface area contributed by atoms with Gasteiger partial charge in [0.2, 0.25) is 5.75 Å². The van der Waals surface area contributed by atoms with Gasteiger partial charge in [-0.25, -0.2) is 18.7 Å². The van der Waals surface area contributed by atoms with Gasteiger partial charge in [0.25, 0.3) is 0 Å². The Morgan fingerprint density at radius 2 is 1.90 bits per heavy atom. The molecule has 152 valence electrons. The number of aromatic nitrogens is 3. The quantitative estimate of drug-likeness (QED) is 0.458. The van der Waals surface area contributed by atoms with Crippen molar-refractivity contribution in [1.29, 1.82) is 0 Å². The zero-order chi connectivity index (χ0) is 20.5. The van der Waals surface area contributed by atoms with Crippen LogP contribution in [0.4, 0.5) is 20.4 Å². The largest absolute Gasteiger partial charge is 0.485 e. The minimum atomic E-state index is -0.677. The van der Waals surface area contributed by atoms with Crippen LogP contribution in [0.2, 0.25) is 0 Å². The molecule has 6 nitrogen and oxygen atoms in total. The van der Waals surface area contributed by atoms with E-state index in [9.17, 15) is 8.78 Å². The SMILES string of the molecule is Fc1cc(F)cc(-c2nc3c(c(NCCc4c[nH]c5ccccc45)n2)OCCN3)c1. The molecule has 3 heterocycles. The second-order valence-corrected chi connectivity index (χ2v) is 7.04. The Morgan fingerprint density at radius 1 is 1.07 bits per heavy atom. The number of hydrogen-bond donors (Lipinski definition) is 3. The summed E-state index contributed by atoms with van der Waals surface area (Å²) in [6.45, 7) is 1.68. The summed E-state index contributed by atoms with van der Waals surface area (Å²) in [7, 11) is 0. The summed E-state index contributed by atoms with van der Waals surface area (Å²) in [5.41, 5.74) is 2.55. The average Bonchev–Trinajstić information content (AvgIpc) is 3.16. The zero-order valence-electron chi connectivity index (χ0n) is 16.0. The van der Waals surface area contributed by atoms with Gasteiger partial charge in [-0.3, -0.25) is 0 Å². The van der Waals surface area contributed by atoms with Crippen molar-refractivity contribution in [3.8, 4) is 17.1 Å². The molecule has 0 saturated heterocycles. The molecule has 0 radical (unpaired) electrons. The summed E-state index contributed by atoms with van der Waals surface area (Å²) in [5, 5.41) is 7.64. The molecule has 5 rings (SSSR count). The van der Waals surface area contributed by atoms with Gasteiger partial charge in [0.15, 0.2) is 17.5 Å². The highest BCUT2D eigenvalue weighted by Crippen LogP contribution is 2.35. The highest BCUT2D eigenvalue weighted by Gasteiger charge is 2.20. The third kappa shape index (κ3) is 3.52. The van der Waals surface area contributed by atoms with Gasteiger partial charge in [0, 0.05) is 35.3 Å². The molecule has 0 spiro atoms. The van der Waals surface area contributed by atoms with Gasteiger partial charge >= 0.3 is 0 Å². The lowest BCUT2D eigenvalue weighted by molar-refractivity contribution is 0.321. The fourth-order valence-corrected chi connectivity index (χ4v) is 3.62. The van der Waals surface area contributed by atoms with E-state index in [4.69, 9.17) is 4.74 Å². The predicted molar refractivity (Wildman–Crippen MR) is 112 cm³/mol. The summed E-state index contributed by atoms with van der Waals surface area (Å²) in [5.74, 6) is 0.381. The van der Waals surface area contributed by atoms with Crippen LogP contribution >= 0.6 is 0 Å². The number of anilines is 2. The average molecular weight is 407 g/mol. The van der Waals surface area contributed by atoms with Crippen molar-refractivity contribution in [2.75, 3.05) is 30.3 Å². The number of benzene rings is 2. The molecule has 3 N–H and O–H groups in total.